The van der Waals surface area contributed by atoms with E-state index in [0.717, 1.165) is 28.7 Å². The lowest BCUT2D eigenvalue weighted by molar-refractivity contribution is 0.295. The molecule has 0 bridgehead atoms. The summed E-state index contributed by atoms with van der Waals surface area (Å²) in [4.78, 5) is 7.42. The molecule has 0 spiro atoms. The lowest BCUT2D eigenvalue weighted by atomic mass is 10.1. The van der Waals surface area contributed by atoms with E-state index in [1.165, 1.54) is 19.3 Å². The molecule has 1 heterocycles. The smallest absolute Gasteiger partial charge is 0.164 e. The number of nitriles is 1. The van der Waals surface area contributed by atoms with Crippen molar-refractivity contribution < 1.29 is 0 Å². The summed E-state index contributed by atoms with van der Waals surface area (Å²) in [6.45, 7) is 9.88. The minimum atomic E-state index is 0.611. The summed E-state index contributed by atoms with van der Waals surface area (Å²) in [5.74, 6) is 1.77. The first kappa shape index (κ1) is 17.9. The van der Waals surface area contributed by atoms with Crippen molar-refractivity contribution in [2.75, 3.05) is 12.3 Å². The maximum absolute atomic E-state index is 9.00. The van der Waals surface area contributed by atoms with Crippen LogP contribution in [0.5, 0.6) is 0 Å². The van der Waals surface area contributed by atoms with Crippen LogP contribution in [0.3, 0.4) is 0 Å². The Hall–Kier alpha value is -1.47. The molecule has 3 nitrogen and oxygen atoms in total. The van der Waals surface area contributed by atoms with Crippen LogP contribution in [0.25, 0.3) is 0 Å². The number of unbranched alkanes of at least 4 members (excludes halogenated alkanes) is 1. The SMILES string of the molecule is CCCC[C@H]1CS/C(=N\c2ccc(C#N)cc2C)N1CC(C)C. The number of aliphatic imine (C=N–C) groups is 1. The van der Waals surface area contributed by atoms with Gasteiger partial charge in [0.2, 0.25) is 0 Å². The highest BCUT2D eigenvalue weighted by Gasteiger charge is 2.30. The lowest BCUT2D eigenvalue weighted by Gasteiger charge is -2.27. The molecule has 1 aliphatic rings. The highest BCUT2D eigenvalue weighted by Crippen LogP contribution is 2.31. The molecule has 1 aliphatic heterocycles. The molecule has 0 aliphatic carbocycles. The third-order valence-corrected chi connectivity index (χ3v) is 5.22. The van der Waals surface area contributed by atoms with Gasteiger partial charge in [-0.2, -0.15) is 5.26 Å². The van der Waals surface area contributed by atoms with Crippen LogP contribution in [-0.4, -0.2) is 28.4 Å². The molecule has 1 atom stereocenters. The Labute approximate surface area is 144 Å². The Bertz CT molecular complexity index is 601. The standard InChI is InChI=1S/C19H27N3S/c1-5-6-7-17-13-23-19(22(17)12-14(2)3)21-18-9-8-16(11-20)10-15(18)4/h8-10,14,17H,5-7,12-13H2,1-4H3/b21-19-/t17-/m0/s1. The molecule has 0 unspecified atom stereocenters. The van der Waals surface area contributed by atoms with Crippen LogP contribution in [0.2, 0.25) is 0 Å². The molecule has 124 valence electrons. The number of nitrogens with zero attached hydrogens (tertiary/aromatic N) is 3. The van der Waals surface area contributed by atoms with E-state index in [2.05, 4.69) is 31.7 Å². The fraction of sp³-hybridized carbons (Fsp3) is 0.579. The fourth-order valence-electron chi connectivity index (χ4n) is 2.85. The van der Waals surface area contributed by atoms with Gasteiger partial charge in [0, 0.05) is 18.3 Å². The number of amidine groups is 1. The largest absolute Gasteiger partial charge is 0.347 e. The Morgan fingerprint density at radius 3 is 2.83 bits per heavy atom. The van der Waals surface area contributed by atoms with Gasteiger partial charge >= 0.3 is 0 Å². The summed E-state index contributed by atoms with van der Waals surface area (Å²) >= 11 is 1.88. The molecule has 23 heavy (non-hydrogen) atoms. The molecular formula is C19H27N3S. The predicted octanol–water partition coefficient (Wildman–Crippen LogP) is 5.12. The summed E-state index contributed by atoms with van der Waals surface area (Å²) in [6, 6.07) is 8.54. The van der Waals surface area contributed by atoms with E-state index in [0.29, 0.717) is 17.5 Å². The first-order valence-corrected chi connectivity index (χ1v) is 9.52. The Morgan fingerprint density at radius 1 is 1.43 bits per heavy atom. The van der Waals surface area contributed by atoms with Crippen LogP contribution in [0, 0.1) is 24.2 Å². The Balaban J connectivity index is 2.23. The monoisotopic (exact) mass is 329 g/mol. The minimum absolute atomic E-state index is 0.611. The van der Waals surface area contributed by atoms with Gasteiger partial charge in [-0.1, -0.05) is 45.4 Å². The maximum atomic E-state index is 9.00. The van der Waals surface area contributed by atoms with Gasteiger partial charge in [-0.3, -0.25) is 0 Å². The normalized spacial score (nSPS) is 19.6. The highest BCUT2D eigenvalue weighted by atomic mass is 32.2. The van der Waals surface area contributed by atoms with E-state index >= 15 is 0 Å². The fourth-order valence-corrected chi connectivity index (χ4v) is 4.09. The predicted molar refractivity (Wildman–Crippen MR) is 100 cm³/mol. The second-order valence-corrected chi connectivity index (χ2v) is 7.65. The van der Waals surface area contributed by atoms with E-state index < -0.39 is 0 Å². The Kier molecular flexibility index (Phi) is 6.53. The molecule has 0 amide bonds. The summed E-state index contributed by atoms with van der Waals surface area (Å²) in [6.07, 6.45) is 3.78. The third kappa shape index (κ3) is 4.75. The van der Waals surface area contributed by atoms with Gasteiger partial charge in [0.1, 0.15) is 0 Å². The van der Waals surface area contributed by atoms with Gasteiger partial charge in [-0.05, 0) is 43.0 Å². The van der Waals surface area contributed by atoms with Crippen molar-refractivity contribution in [2.24, 2.45) is 10.9 Å². The van der Waals surface area contributed by atoms with Crippen molar-refractivity contribution >= 4 is 22.6 Å². The molecule has 0 radical (unpaired) electrons. The van der Waals surface area contributed by atoms with E-state index in [9.17, 15) is 0 Å². The highest BCUT2D eigenvalue weighted by molar-refractivity contribution is 8.14. The quantitative estimate of drug-likeness (QED) is 0.727. The van der Waals surface area contributed by atoms with Gasteiger partial charge < -0.3 is 4.90 Å². The maximum Gasteiger partial charge on any atom is 0.164 e. The number of hydrogen-bond donors (Lipinski definition) is 0. The molecule has 4 heteroatoms. The van der Waals surface area contributed by atoms with Crippen LogP contribution in [0.4, 0.5) is 5.69 Å². The molecule has 0 N–H and O–H groups in total. The first-order chi connectivity index (χ1) is 11.0. The van der Waals surface area contributed by atoms with E-state index in [1.54, 1.807) is 0 Å². The number of rotatable bonds is 6. The van der Waals surface area contributed by atoms with E-state index in [1.807, 2.05) is 36.9 Å². The summed E-state index contributed by atoms with van der Waals surface area (Å²) in [7, 11) is 0. The van der Waals surface area contributed by atoms with Crippen LogP contribution in [0.15, 0.2) is 23.2 Å². The summed E-state index contributed by atoms with van der Waals surface area (Å²) < 4.78 is 0. The van der Waals surface area contributed by atoms with Gasteiger partial charge in [0.15, 0.2) is 5.17 Å². The van der Waals surface area contributed by atoms with Gasteiger partial charge in [-0.15, -0.1) is 0 Å². The summed E-state index contributed by atoms with van der Waals surface area (Å²) in [5, 5.41) is 10.1. The molecule has 0 saturated carbocycles. The van der Waals surface area contributed by atoms with Crippen molar-refractivity contribution in [2.45, 2.75) is 53.0 Å². The van der Waals surface area contributed by atoms with Gasteiger partial charge in [-0.25, -0.2) is 4.99 Å². The van der Waals surface area contributed by atoms with E-state index in [-0.39, 0.29) is 0 Å². The van der Waals surface area contributed by atoms with Crippen molar-refractivity contribution in [1.29, 1.82) is 5.26 Å². The number of hydrogen-bond acceptors (Lipinski definition) is 3. The molecule has 0 aromatic heterocycles. The van der Waals surface area contributed by atoms with Crippen LogP contribution in [0.1, 0.15) is 51.2 Å². The van der Waals surface area contributed by atoms with Crippen LogP contribution in [-0.2, 0) is 0 Å². The van der Waals surface area contributed by atoms with Crippen LogP contribution >= 0.6 is 11.8 Å². The summed E-state index contributed by atoms with van der Waals surface area (Å²) in [5.41, 5.74) is 2.75. The third-order valence-electron chi connectivity index (χ3n) is 4.09. The van der Waals surface area contributed by atoms with Gasteiger partial charge in [0.05, 0.1) is 17.3 Å². The second-order valence-electron chi connectivity index (χ2n) is 6.66. The lowest BCUT2D eigenvalue weighted by Crippen LogP contribution is -2.36. The molecular weight excluding hydrogens is 302 g/mol. The zero-order valence-corrected chi connectivity index (χ0v) is 15.5. The van der Waals surface area contributed by atoms with Gasteiger partial charge in [0.25, 0.3) is 0 Å². The van der Waals surface area contributed by atoms with Crippen molar-refractivity contribution in [3.8, 4) is 6.07 Å². The molecule has 1 saturated heterocycles. The topological polar surface area (TPSA) is 39.4 Å². The molecule has 1 aromatic carbocycles. The van der Waals surface area contributed by atoms with Crippen molar-refractivity contribution in [3.63, 3.8) is 0 Å². The molecule has 2 rings (SSSR count). The van der Waals surface area contributed by atoms with Crippen LogP contribution < -0.4 is 0 Å². The average molecular weight is 330 g/mol. The zero-order chi connectivity index (χ0) is 16.8. The Morgan fingerprint density at radius 2 is 2.22 bits per heavy atom. The molecule has 1 fully saturated rings. The number of aryl methyl sites for hydroxylation is 1. The number of thioether (sulfide) groups is 1. The average Bonchev–Trinajstić information content (AvgIpc) is 2.88. The first-order valence-electron chi connectivity index (χ1n) is 8.54. The minimum Gasteiger partial charge on any atom is -0.347 e. The second kappa shape index (κ2) is 8.40. The van der Waals surface area contributed by atoms with E-state index in [4.69, 9.17) is 10.3 Å². The van der Waals surface area contributed by atoms with Crippen molar-refractivity contribution in [3.05, 3.63) is 29.3 Å². The number of benzene rings is 1. The zero-order valence-electron chi connectivity index (χ0n) is 14.7. The molecule has 1 aromatic rings. The van der Waals surface area contributed by atoms with Crippen molar-refractivity contribution in [1.82, 2.24) is 4.90 Å².